The second-order valence-corrected chi connectivity index (χ2v) is 19.6. The van der Waals surface area contributed by atoms with E-state index in [-0.39, 0.29) is 26.1 Å². The standard InChI is InChI=1S/C56H96NO8P/c1-6-8-10-12-14-16-18-20-21-22-23-24-25-26-27-28-29-30-31-32-33-34-35-37-39-41-43-45-47-49-56(59)65-54(53-64-66(60,61)63-51-50-57(3,4)5)52-62-55(58)48-46-44-42-40-38-36-19-17-15-13-11-9-7-2/h8-11,14-17,20-21,23-24,36,38,42,44,54H,6-7,12-13,18-19,22,25-35,37,39-41,43,45-53H2,1-5H3/p+1/b10-8-,11-9-,16-14-,17-15-,21-20-,24-23-,38-36-,44-42-. The maximum absolute atomic E-state index is 12.8. The molecule has 0 heterocycles. The lowest BCUT2D eigenvalue weighted by molar-refractivity contribution is -0.870. The molecular formula is C56H97NO8P+. The molecule has 9 nitrogen and oxygen atoms in total. The normalized spacial score (nSPS) is 14.2. The monoisotopic (exact) mass is 943 g/mol. The first-order valence-corrected chi connectivity index (χ1v) is 27.5. The number of hydrogen-bond donors (Lipinski definition) is 1. The molecule has 0 bridgehead atoms. The topological polar surface area (TPSA) is 108 Å². The molecule has 0 radical (unpaired) electrons. The minimum absolute atomic E-state index is 0.0175. The first-order valence-electron chi connectivity index (χ1n) is 26.0. The van der Waals surface area contributed by atoms with Crippen LogP contribution in [0.15, 0.2) is 97.2 Å². The van der Waals surface area contributed by atoms with E-state index in [1.807, 2.05) is 33.3 Å². The Bertz CT molecular complexity index is 1440. The number of likely N-dealkylation sites (N-methyl/N-ethyl adjacent to an activating group) is 1. The average Bonchev–Trinajstić information content (AvgIpc) is 3.27. The summed E-state index contributed by atoms with van der Waals surface area (Å²) < 4.78 is 34.3. The maximum Gasteiger partial charge on any atom is 0.472 e. The number of ether oxygens (including phenoxy) is 2. The Labute approximate surface area is 404 Å². The van der Waals surface area contributed by atoms with Crippen LogP contribution in [0.25, 0.3) is 0 Å². The van der Waals surface area contributed by atoms with Gasteiger partial charge in [0.15, 0.2) is 6.10 Å². The van der Waals surface area contributed by atoms with Crippen LogP contribution in [0.1, 0.15) is 194 Å². The van der Waals surface area contributed by atoms with Crippen LogP contribution in [0.2, 0.25) is 0 Å². The molecule has 0 amide bonds. The highest BCUT2D eigenvalue weighted by Crippen LogP contribution is 2.43. The van der Waals surface area contributed by atoms with Gasteiger partial charge in [0, 0.05) is 12.8 Å². The van der Waals surface area contributed by atoms with E-state index in [2.05, 4.69) is 98.9 Å². The van der Waals surface area contributed by atoms with E-state index in [1.54, 1.807) is 0 Å². The van der Waals surface area contributed by atoms with Gasteiger partial charge in [-0.25, -0.2) is 4.57 Å². The highest BCUT2D eigenvalue weighted by molar-refractivity contribution is 7.47. The molecule has 0 fully saturated rings. The number of phosphoric ester groups is 1. The number of rotatable bonds is 46. The third-order valence-electron chi connectivity index (χ3n) is 10.6. The number of quaternary nitrogens is 1. The number of hydrogen-bond acceptors (Lipinski definition) is 7. The van der Waals surface area contributed by atoms with Crippen molar-refractivity contribution >= 4 is 19.8 Å². The van der Waals surface area contributed by atoms with Crippen molar-refractivity contribution in [1.29, 1.82) is 0 Å². The van der Waals surface area contributed by atoms with Crippen LogP contribution in [0, 0.1) is 0 Å². The second kappa shape index (κ2) is 47.0. The molecule has 66 heavy (non-hydrogen) atoms. The Morgan fingerprint density at radius 3 is 1.27 bits per heavy atom. The number of nitrogens with zero attached hydrogens (tertiary/aromatic N) is 1. The molecule has 0 saturated carbocycles. The molecule has 2 unspecified atom stereocenters. The van der Waals surface area contributed by atoms with Crippen LogP contribution < -0.4 is 0 Å². The fourth-order valence-corrected chi connectivity index (χ4v) is 7.41. The van der Waals surface area contributed by atoms with Crippen LogP contribution in [0.3, 0.4) is 0 Å². The summed E-state index contributed by atoms with van der Waals surface area (Å²) in [6, 6.07) is 0. The van der Waals surface area contributed by atoms with E-state index in [1.165, 1.54) is 83.5 Å². The molecule has 0 aliphatic carbocycles. The van der Waals surface area contributed by atoms with Gasteiger partial charge in [-0.15, -0.1) is 0 Å². The number of carbonyl (C=O) groups excluding carboxylic acids is 2. The van der Waals surface area contributed by atoms with Crippen LogP contribution in [-0.4, -0.2) is 74.9 Å². The molecule has 0 rings (SSSR count). The highest BCUT2D eigenvalue weighted by atomic mass is 31.2. The van der Waals surface area contributed by atoms with Gasteiger partial charge in [0.2, 0.25) is 0 Å². The van der Waals surface area contributed by atoms with Gasteiger partial charge in [-0.3, -0.25) is 18.6 Å². The van der Waals surface area contributed by atoms with Gasteiger partial charge in [0.05, 0.1) is 27.7 Å². The molecule has 2 atom stereocenters. The summed E-state index contributed by atoms with van der Waals surface area (Å²) in [5.74, 6) is -0.897. The van der Waals surface area contributed by atoms with Crippen LogP contribution >= 0.6 is 7.82 Å². The third-order valence-corrected chi connectivity index (χ3v) is 11.6. The lowest BCUT2D eigenvalue weighted by Crippen LogP contribution is -2.37. The van der Waals surface area contributed by atoms with E-state index in [0.29, 0.717) is 23.9 Å². The smallest absolute Gasteiger partial charge is 0.462 e. The maximum atomic E-state index is 12.8. The van der Waals surface area contributed by atoms with Crippen molar-refractivity contribution in [2.75, 3.05) is 47.5 Å². The molecule has 0 spiro atoms. The Hall–Kier alpha value is -3.07. The largest absolute Gasteiger partial charge is 0.472 e. The van der Waals surface area contributed by atoms with Crippen molar-refractivity contribution in [3.63, 3.8) is 0 Å². The second-order valence-electron chi connectivity index (χ2n) is 18.1. The van der Waals surface area contributed by atoms with E-state index in [4.69, 9.17) is 18.5 Å². The minimum Gasteiger partial charge on any atom is -0.462 e. The summed E-state index contributed by atoms with van der Waals surface area (Å²) in [6.07, 6.45) is 63.6. The number of esters is 2. The van der Waals surface area contributed by atoms with Crippen LogP contribution in [-0.2, 0) is 32.7 Å². The highest BCUT2D eigenvalue weighted by Gasteiger charge is 2.27. The summed E-state index contributed by atoms with van der Waals surface area (Å²) in [4.78, 5) is 35.5. The molecule has 0 aliphatic heterocycles. The lowest BCUT2D eigenvalue weighted by atomic mass is 10.0. The zero-order valence-electron chi connectivity index (χ0n) is 42.6. The van der Waals surface area contributed by atoms with Crippen molar-refractivity contribution in [3.05, 3.63) is 97.2 Å². The first-order chi connectivity index (χ1) is 32.0. The van der Waals surface area contributed by atoms with E-state index in [9.17, 15) is 19.0 Å². The van der Waals surface area contributed by atoms with Gasteiger partial charge in [-0.05, 0) is 77.0 Å². The van der Waals surface area contributed by atoms with E-state index >= 15 is 0 Å². The Morgan fingerprint density at radius 1 is 0.470 bits per heavy atom. The number of carbonyl (C=O) groups is 2. The summed E-state index contributed by atoms with van der Waals surface area (Å²) >= 11 is 0. The molecule has 0 aromatic heterocycles. The van der Waals surface area contributed by atoms with Gasteiger partial charge in [-0.2, -0.15) is 0 Å². The molecule has 1 N–H and O–H groups in total. The molecule has 0 aromatic rings. The van der Waals surface area contributed by atoms with Crippen molar-refractivity contribution < 1.29 is 42.1 Å². The molecule has 10 heteroatoms. The van der Waals surface area contributed by atoms with Crippen molar-refractivity contribution in [2.45, 2.75) is 200 Å². The van der Waals surface area contributed by atoms with Crippen molar-refractivity contribution in [2.24, 2.45) is 0 Å². The van der Waals surface area contributed by atoms with Gasteiger partial charge in [-0.1, -0.05) is 201 Å². The summed E-state index contributed by atoms with van der Waals surface area (Å²) in [6.45, 7) is 4.11. The van der Waals surface area contributed by atoms with Crippen LogP contribution in [0.4, 0.5) is 0 Å². The molecule has 378 valence electrons. The fraction of sp³-hybridized carbons (Fsp3) is 0.679. The summed E-state index contributed by atoms with van der Waals surface area (Å²) in [7, 11) is 1.43. The number of unbranched alkanes of at least 4 members (excludes halogenated alkanes) is 16. The quantitative estimate of drug-likeness (QED) is 0.0211. The summed E-state index contributed by atoms with van der Waals surface area (Å²) in [5.41, 5.74) is 0. The number of phosphoric acid groups is 1. The van der Waals surface area contributed by atoms with E-state index in [0.717, 1.165) is 70.6 Å². The Kier molecular flexibility index (Phi) is 44.8. The Morgan fingerprint density at radius 2 is 0.848 bits per heavy atom. The molecule has 0 aromatic carbocycles. The fourth-order valence-electron chi connectivity index (χ4n) is 6.67. The lowest BCUT2D eigenvalue weighted by Gasteiger charge is -2.24. The van der Waals surface area contributed by atoms with Crippen molar-refractivity contribution in [3.8, 4) is 0 Å². The van der Waals surface area contributed by atoms with Gasteiger partial charge < -0.3 is 18.9 Å². The molecule has 0 aliphatic rings. The zero-order chi connectivity index (χ0) is 48.5. The Balaban J connectivity index is 4.17. The van der Waals surface area contributed by atoms with Gasteiger partial charge >= 0.3 is 19.8 Å². The third kappa shape index (κ3) is 50.3. The predicted octanol–water partition coefficient (Wildman–Crippen LogP) is 15.7. The van der Waals surface area contributed by atoms with Crippen LogP contribution in [0.5, 0.6) is 0 Å². The molecule has 0 saturated heterocycles. The predicted molar refractivity (Wildman–Crippen MR) is 279 cm³/mol. The average molecular weight is 943 g/mol. The zero-order valence-corrected chi connectivity index (χ0v) is 43.5. The van der Waals surface area contributed by atoms with E-state index < -0.39 is 32.5 Å². The van der Waals surface area contributed by atoms with Gasteiger partial charge in [0.1, 0.15) is 19.8 Å². The molecular weight excluding hydrogens is 846 g/mol. The van der Waals surface area contributed by atoms with Gasteiger partial charge in [0.25, 0.3) is 0 Å². The SMILES string of the molecule is CC/C=C\C/C=C\C/C=C\C/C=C\CCCCCCCCCCCCCCCCCCC(=O)OC(COC(=O)CC/C=C\C/C=C\C/C=C\C/C=C\CC)COP(=O)(O)OCC[N+](C)(C)C. The summed E-state index contributed by atoms with van der Waals surface area (Å²) in [5, 5.41) is 0. The first kappa shape index (κ1) is 62.9. The number of allylic oxidation sites excluding steroid dienone is 16. The minimum atomic E-state index is -4.40. The van der Waals surface area contributed by atoms with Crippen molar-refractivity contribution in [1.82, 2.24) is 0 Å².